The Kier molecular flexibility index (Phi) is 6.87. The molecule has 0 aliphatic heterocycles. The Balaban J connectivity index is 1.58. The predicted octanol–water partition coefficient (Wildman–Crippen LogP) is 3.92. The van der Waals surface area contributed by atoms with E-state index < -0.39 is 30.1 Å². The van der Waals surface area contributed by atoms with Gasteiger partial charge in [-0.3, -0.25) is 4.79 Å². The average molecular weight is 439 g/mol. The molecule has 7 heteroatoms. The van der Waals surface area contributed by atoms with Crippen molar-refractivity contribution in [2.45, 2.75) is 52.1 Å². The number of aliphatic carboxylic acids is 1. The maximum absolute atomic E-state index is 12.4. The normalized spacial score (nSPS) is 14.6. The average Bonchev–Trinajstić information content (AvgIpc) is 3.04. The van der Waals surface area contributed by atoms with Crippen molar-refractivity contribution < 1.29 is 24.2 Å². The zero-order valence-corrected chi connectivity index (χ0v) is 18.8. The number of amides is 2. The number of benzene rings is 2. The fourth-order valence-corrected chi connectivity index (χ4v) is 3.99. The van der Waals surface area contributed by atoms with E-state index in [0.29, 0.717) is 0 Å². The van der Waals surface area contributed by atoms with Gasteiger partial charge in [0, 0.05) is 5.92 Å². The maximum Gasteiger partial charge on any atom is 0.407 e. The van der Waals surface area contributed by atoms with Crippen LogP contribution in [0.1, 0.15) is 51.2 Å². The van der Waals surface area contributed by atoms with Crippen LogP contribution in [-0.2, 0) is 14.3 Å². The summed E-state index contributed by atoms with van der Waals surface area (Å²) in [4.78, 5) is 36.3. The van der Waals surface area contributed by atoms with Gasteiger partial charge in [0.05, 0.1) is 0 Å². The van der Waals surface area contributed by atoms with Gasteiger partial charge < -0.3 is 20.5 Å². The quantitative estimate of drug-likeness (QED) is 0.608. The van der Waals surface area contributed by atoms with Crippen LogP contribution in [0.2, 0.25) is 0 Å². The Hall–Kier alpha value is -3.35. The van der Waals surface area contributed by atoms with Gasteiger partial charge >= 0.3 is 12.1 Å². The Morgan fingerprint density at radius 1 is 0.969 bits per heavy atom. The summed E-state index contributed by atoms with van der Waals surface area (Å²) < 4.78 is 5.45. The maximum atomic E-state index is 12.4. The van der Waals surface area contributed by atoms with Crippen LogP contribution in [0.3, 0.4) is 0 Å². The number of nitrogens with one attached hydrogen (secondary N) is 2. The highest BCUT2D eigenvalue weighted by Crippen LogP contribution is 2.44. The Morgan fingerprint density at radius 2 is 1.50 bits per heavy atom. The number of hydrogen-bond donors (Lipinski definition) is 3. The second kappa shape index (κ2) is 9.42. The van der Waals surface area contributed by atoms with E-state index in [0.717, 1.165) is 22.3 Å². The number of carboxylic acids is 1. The SMILES string of the molecule is CC(NC(=O)OCC1c2ccccc2-c2ccccc21)C(=O)NC(CC(C)(C)C)C(=O)O. The van der Waals surface area contributed by atoms with E-state index in [4.69, 9.17) is 4.74 Å². The monoisotopic (exact) mass is 438 g/mol. The highest BCUT2D eigenvalue weighted by Gasteiger charge is 2.30. The third kappa shape index (κ3) is 5.46. The summed E-state index contributed by atoms with van der Waals surface area (Å²) in [6, 6.07) is 14.1. The summed E-state index contributed by atoms with van der Waals surface area (Å²) in [5, 5.41) is 14.4. The molecule has 0 radical (unpaired) electrons. The van der Waals surface area contributed by atoms with E-state index in [-0.39, 0.29) is 24.4 Å². The Morgan fingerprint density at radius 3 is 2.00 bits per heavy atom. The Labute approximate surface area is 188 Å². The molecule has 2 unspecified atom stereocenters. The van der Waals surface area contributed by atoms with E-state index in [1.807, 2.05) is 57.2 Å². The minimum Gasteiger partial charge on any atom is -0.480 e. The van der Waals surface area contributed by atoms with Crippen molar-refractivity contribution in [2.24, 2.45) is 5.41 Å². The van der Waals surface area contributed by atoms with Crippen molar-refractivity contribution in [1.29, 1.82) is 0 Å². The van der Waals surface area contributed by atoms with Gasteiger partial charge in [-0.25, -0.2) is 9.59 Å². The van der Waals surface area contributed by atoms with Crippen LogP contribution in [0.4, 0.5) is 4.79 Å². The van der Waals surface area contributed by atoms with Crippen molar-refractivity contribution in [3.63, 3.8) is 0 Å². The summed E-state index contributed by atoms with van der Waals surface area (Å²) in [6.07, 6.45) is -0.455. The van der Waals surface area contributed by atoms with E-state index in [9.17, 15) is 19.5 Å². The van der Waals surface area contributed by atoms with Crippen LogP contribution in [0, 0.1) is 5.41 Å². The van der Waals surface area contributed by atoms with E-state index >= 15 is 0 Å². The van der Waals surface area contributed by atoms with Crippen molar-refractivity contribution >= 4 is 18.0 Å². The zero-order valence-electron chi connectivity index (χ0n) is 18.8. The van der Waals surface area contributed by atoms with E-state index in [1.54, 1.807) is 0 Å². The standard InChI is InChI=1S/C25H30N2O5/c1-15(22(28)27-21(23(29)30)13-25(2,3)4)26-24(31)32-14-20-18-11-7-5-9-16(18)17-10-6-8-12-19(17)20/h5-12,15,20-21H,13-14H2,1-4H3,(H,26,31)(H,27,28)(H,29,30). The number of ether oxygens (including phenoxy) is 1. The first-order chi connectivity index (χ1) is 15.1. The van der Waals surface area contributed by atoms with Crippen LogP contribution in [-0.4, -0.2) is 41.8 Å². The predicted molar refractivity (Wildman–Crippen MR) is 121 cm³/mol. The molecule has 0 spiro atoms. The molecule has 0 bridgehead atoms. The van der Waals surface area contributed by atoms with Gasteiger partial charge in [0.1, 0.15) is 18.7 Å². The number of fused-ring (bicyclic) bond motifs is 3. The first-order valence-electron chi connectivity index (χ1n) is 10.7. The van der Waals surface area contributed by atoms with Crippen molar-refractivity contribution in [2.75, 3.05) is 6.61 Å². The van der Waals surface area contributed by atoms with E-state index in [1.165, 1.54) is 6.92 Å². The number of carboxylic acid groups (broad SMARTS) is 1. The molecule has 1 aliphatic rings. The van der Waals surface area contributed by atoms with Gasteiger partial charge in [-0.1, -0.05) is 69.3 Å². The van der Waals surface area contributed by atoms with E-state index in [2.05, 4.69) is 22.8 Å². The largest absolute Gasteiger partial charge is 0.480 e. The van der Waals surface area contributed by atoms with Crippen LogP contribution < -0.4 is 10.6 Å². The summed E-state index contributed by atoms with van der Waals surface area (Å²) >= 11 is 0. The summed E-state index contributed by atoms with van der Waals surface area (Å²) in [6.45, 7) is 7.32. The molecule has 2 amide bonds. The van der Waals surface area contributed by atoms with Gasteiger partial charge in [0.25, 0.3) is 0 Å². The lowest BCUT2D eigenvalue weighted by molar-refractivity contribution is -0.142. The van der Waals surface area contributed by atoms with Gasteiger partial charge in [-0.05, 0) is 41.0 Å². The minimum absolute atomic E-state index is 0.0829. The molecule has 0 saturated heterocycles. The van der Waals surface area contributed by atoms with Gasteiger partial charge in [-0.15, -0.1) is 0 Å². The lowest BCUT2D eigenvalue weighted by Crippen LogP contribution is -2.51. The minimum atomic E-state index is -1.11. The first kappa shape index (κ1) is 23.3. The molecule has 2 aromatic rings. The van der Waals surface area contributed by atoms with Crippen LogP contribution in [0.15, 0.2) is 48.5 Å². The second-order valence-electron chi connectivity index (χ2n) is 9.36. The number of carbonyl (C=O) groups is 3. The summed E-state index contributed by atoms with van der Waals surface area (Å²) in [5.41, 5.74) is 4.17. The molecule has 0 saturated carbocycles. The molecule has 3 rings (SSSR count). The van der Waals surface area contributed by atoms with Crippen LogP contribution >= 0.6 is 0 Å². The third-order valence-electron chi connectivity index (χ3n) is 5.50. The highest BCUT2D eigenvalue weighted by atomic mass is 16.5. The van der Waals surface area contributed by atoms with Crippen LogP contribution in [0.5, 0.6) is 0 Å². The first-order valence-corrected chi connectivity index (χ1v) is 10.7. The fraction of sp³-hybridized carbons (Fsp3) is 0.400. The van der Waals surface area contributed by atoms with Crippen molar-refractivity contribution in [3.8, 4) is 11.1 Å². The zero-order chi connectivity index (χ0) is 23.5. The molecule has 32 heavy (non-hydrogen) atoms. The number of hydrogen-bond acceptors (Lipinski definition) is 4. The third-order valence-corrected chi connectivity index (χ3v) is 5.50. The molecule has 0 fully saturated rings. The lowest BCUT2D eigenvalue weighted by Gasteiger charge is -2.25. The number of alkyl carbamates (subject to hydrolysis) is 1. The summed E-state index contributed by atoms with van der Waals surface area (Å²) in [5.74, 6) is -1.77. The molecule has 2 aromatic carbocycles. The van der Waals surface area contributed by atoms with Crippen molar-refractivity contribution in [3.05, 3.63) is 59.7 Å². The van der Waals surface area contributed by atoms with Gasteiger partial charge in [0.2, 0.25) is 5.91 Å². The molecule has 3 N–H and O–H groups in total. The number of rotatable bonds is 7. The molecular weight excluding hydrogens is 408 g/mol. The lowest BCUT2D eigenvalue weighted by atomic mass is 9.88. The molecular formula is C25H30N2O5. The molecule has 0 heterocycles. The van der Waals surface area contributed by atoms with Gasteiger partial charge in [0.15, 0.2) is 0 Å². The van der Waals surface area contributed by atoms with Crippen molar-refractivity contribution in [1.82, 2.24) is 10.6 Å². The molecule has 170 valence electrons. The fourth-order valence-electron chi connectivity index (χ4n) is 3.99. The molecule has 7 nitrogen and oxygen atoms in total. The smallest absolute Gasteiger partial charge is 0.407 e. The van der Waals surface area contributed by atoms with Crippen LogP contribution in [0.25, 0.3) is 11.1 Å². The topological polar surface area (TPSA) is 105 Å². The highest BCUT2D eigenvalue weighted by molar-refractivity contribution is 5.89. The summed E-state index contributed by atoms with van der Waals surface area (Å²) in [7, 11) is 0. The molecule has 0 aromatic heterocycles. The molecule has 1 aliphatic carbocycles. The second-order valence-corrected chi connectivity index (χ2v) is 9.36. The molecule has 2 atom stereocenters. The number of carbonyl (C=O) groups excluding carboxylic acids is 2. The Bertz CT molecular complexity index is 966. The van der Waals surface area contributed by atoms with Gasteiger partial charge in [-0.2, -0.15) is 0 Å².